The molecule has 5 rings (SSSR count). The van der Waals surface area contributed by atoms with Crippen molar-refractivity contribution in [3.8, 4) is 0 Å². The summed E-state index contributed by atoms with van der Waals surface area (Å²) in [6.07, 6.45) is 5.49. The number of nitrogens with two attached hydrogens (primary N) is 1. The van der Waals surface area contributed by atoms with E-state index < -0.39 is 17.9 Å². The first kappa shape index (κ1) is 24.9. The van der Waals surface area contributed by atoms with E-state index in [2.05, 4.69) is 15.5 Å². The number of rotatable bonds is 5. The van der Waals surface area contributed by atoms with Crippen LogP contribution < -0.4 is 21.3 Å². The van der Waals surface area contributed by atoms with E-state index in [1.54, 1.807) is 6.07 Å². The number of likely N-dealkylation sites (N-methyl/N-ethyl adjacent to an activating group) is 1. The molecule has 3 atom stereocenters. The van der Waals surface area contributed by atoms with E-state index in [9.17, 15) is 23.2 Å². The highest BCUT2D eigenvalue weighted by atomic mass is 19.3. The summed E-state index contributed by atoms with van der Waals surface area (Å²) in [7, 11) is 2.01. The predicted molar refractivity (Wildman–Crippen MR) is 132 cm³/mol. The molecule has 1 aromatic rings. The van der Waals surface area contributed by atoms with Crippen molar-refractivity contribution >= 4 is 29.1 Å². The SMILES string of the molecule is CN(c1ccc2c(c1N)CN(C1CCC(=O)NC1=O)C2=O)[C@@H]1CCCC[C@@H]1NC1CCC(F)(F)CC1. The Bertz CT molecular complexity index is 1050. The van der Waals surface area contributed by atoms with Gasteiger partial charge in [-0.25, -0.2) is 8.78 Å². The Morgan fingerprint density at radius 3 is 2.53 bits per heavy atom. The van der Waals surface area contributed by atoms with Gasteiger partial charge in [-0.3, -0.25) is 19.7 Å². The van der Waals surface area contributed by atoms with Gasteiger partial charge in [0.05, 0.1) is 11.4 Å². The van der Waals surface area contributed by atoms with Gasteiger partial charge in [0, 0.05) is 62.1 Å². The first-order chi connectivity index (χ1) is 17.1. The highest BCUT2D eigenvalue weighted by molar-refractivity contribution is 6.06. The third-order valence-electron chi connectivity index (χ3n) is 8.51. The fraction of sp³-hybridized carbons (Fsp3) is 0.654. The van der Waals surface area contributed by atoms with Gasteiger partial charge in [-0.05, 0) is 44.2 Å². The minimum Gasteiger partial charge on any atom is -0.397 e. The molecule has 196 valence electrons. The van der Waals surface area contributed by atoms with Crippen molar-refractivity contribution in [3.05, 3.63) is 23.3 Å². The number of nitrogens with one attached hydrogen (secondary N) is 2. The Balaban J connectivity index is 1.32. The highest BCUT2D eigenvalue weighted by Gasteiger charge is 2.41. The van der Waals surface area contributed by atoms with Gasteiger partial charge < -0.3 is 20.9 Å². The number of nitrogens with zero attached hydrogens (tertiary/aromatic N) is 2. The largest absolute Gasteiger partial charge is 0.397 e. The van der Waals surface area contributed by atoms with Gasteiger partial charge in [-0.2, -0.15) is 0 Å². The second-order valence-electron chi connectivity index (χ2n) is 10.8. The molecule has 4 N–H and O–H groups in total. The van der Waals surface area contributed by atoms with Crippen molar-refractivity contribution in [2.45, 2.75) is 101 Å². The van der Waals surface area contributed by atoms with Gasteiger partial charge in [0.15, 0.2) is 0 Å². The quantitative estimate of drug-likeness (QED) is 0.421. The van der Waals surface area contributed by atoms with Crippen LogP contribution in [-0.4, -0.2) is 59.8 Å². The van der Waals surface area contributed by atoms with Crippen LogP contribution in [0.3, 0.4) is 0 Å². The fourth-order valence-electron chi connectivity index (χ4n) is 6.42. The fourth-order valence-corrected chi connectivity index (χ4v) is 6.42. The number of carbonyl (C=O) groups is 3. The van der Waals surface area contributed by atoms with Crippen LogP contribution in [0.4, 0.5) is 20.2 Å². The van der Waals surface area contributed by atoms with Crippen molar-refractivity contribution in [1.29, 1.82) is 0 Å². The lowest BCUT2D eigenvalue weighted by Gasteiger charge is -2.42. The van der Waals surface area contributed by atoms with Crippen molar-refractivity contribution in [2.24, 2.45) is 0 Å². The number of imide groups is 1. The molecule has 1 unspecified atom stereocenters. The van der Waals surface area contributed by atoms with Crippen molar-refractivity contribution in [1.82, 2.24) is 15.5 Å². The summed E-state index contributed by atoms with van der Waals surface area (Å²) >= 11 is 0. The number of hydrogen-bond donors (Lipinski definition) is 3. The monoisotopic (exact) mass is 503 g/mol. The molecular formula is C26H35F2N5O3. The van der Waals surface area contributed by atoms with E-state index in [0.29, 0.717) is 36.1 Å². The summed E-state index contributed by atoms with van der Waals surface area (Å²) in [5.74, 6) is -3.55. The van der Waals surface area contributed by atoms with Crippen LogP contribution in [0.15, 0.2) is 12.1 Å². The topological polar surface area (TPSA) is 108 Å². The number of piperidine rings is 1. The lowest BCUT2D eigenvalue weighted by Crippen LogP contribution is -2.54. The zero-order valence-corrected chi connectivity index (χ0v) is 20.7. The maximum absolute atomic E-state index is 13.6. The molecular weight excluding hydrogens is 468 g/mol. The summed E-state index contributed by atoms with van der Waals surface area (Å²) in [4.78, 5) is 40.7. The van der Waals surface area contributed by atoms with E-state index in [-0.39, 0.29) is 55.7 Å². The summed E-state index contributed by atoms with van der Waals surface area (Å²) in [5, 5.41) is 6.01. The summed E-state index contributed by atoms with van der Waals surface area (Å²) < 4.78 is 27.3. The minimum atomic E-state index is -2.54. The number of carbonyl (C=O) groups excluding carboxylic acids is 3. The van der Waals surface area contributed by atoms with Gasteiger partial charge in [0.25, 0.3) is 5.91 Å². The first-order valence-corrected chi connectivity index (χ1v) is 13.1. The maximum Gasteiger partial charge on any atom is 0.255 e. The average Bonchev–Trinajstić information content (AvgIpc) is 3.18. The molecule has 2 saturated carbocycles. The Morgan fingerprint density at radius 1 is 1.08 bits per heavy atom. The molecule has 10 heteroatoms. The lowest BCUT2D eigenvalue weighted by molar-refractivity contribution is -0.136. The van der Waals surface area contributed by atoms with E-state index in [0.717, 1.165) is 31.4 Å². The van der Waals surface area contributed by atoms with Gasteiger partial charge in [0.2, 0.25) is 17.7 Å². The summed E-state index contributed by atoms with van der Waals surface area (Å²) in [5.41, 5.74) is 9.20. The van der Waals surface area contributed by atoms with Gasteiger partial charge in [-0.1, -0.05) is 12.8 Å². The van der Waals surface area contributed by atoms with E-state index in [4.69, 9.17) is 5.73 Å². The molecule has 2 aliphatic carbocycles. The molecule has 36 heavy (non-hydrogen) atoms. The maximum atomic E-state index is 13.6. The zero-order chi connectivity index (χ0) is 25.6. The number of alkyl halides is 2. The number of amides is 3. The summed E-state index contributed by atoms with van der Waals surface area (Å²) in [6.45, 7) is 0.233. The average molecular weight is 504 g/mol. The molecule has 2 heterocycles. The normalized spacial score (nSPS) is 28.7. The molecule has 3 amide bonds. The molecule has 1 saturated heterocycles. The number of fused-ring (bicyclic) bond motifs is 1. The number of anilines is 2. The Kier molecular flexibility index (Phi) is 6.65. The van der Waals surface area contributed by atoms with Crippen molar-refractivity contribution in [2.75, 3.05) is 17.7 Å². The molecule has 8 nitrogen and oxygen atoms in total. The van der Waals surface area contributed by atoms with Crippen LogP contribution in [0.2, 0.25) is 0 Å². The molecule has 0 radical (unpaired) electrons. The Labute approximate surface area is 209 Å². The van der Waals surface area contributed by atoms with E-state index >= 15 is 0 Å². The molecule has 1 aromatic carbocycles. The smallest absolute Gasteiger partial charge is 0.255 e. The van der Waals surface area contributed by atoms with E-state index in [1.165, 1.54) is 4.90 Å². The minimum absolute atomic E-state index is 0.0621. The number of nitrogen functional groups attached to an aromatic ring is 1. The number of halogens is 2. The molecule has 2 aliphatic heterocycles. The Hall–Kier alpha value is -2.75. The molecule has 0 spiro atoms. The molecule has 0 aromatic heterocycles. The number of hydrogen-bond acceptors (Lipinski definition) is 6. The van der Waals surface area contributed by atoms with Crippen LogP contribution in [0, 0.1) is 0 Å². The van der Waals surface area contributed by atoms with Gasteiger partial charge in [0.1, 0.15) is 6.04 Å². The first-order valence-electron chi connectivity index (χ1n) is 13.1. The van der Waals surface area contributed by atoms with Crippen LogP contribution in [0.25, 0.3) is 0 Å². The standard InChI is InChI=1S/C26H35F2N5O3/c1-32(19-5-3-2-4-18(19)30-15-10-12-26(27,28)13-11-15)20-7-6-16-17(23(20)29)14-33(25(16)36)21-8-9-22(34)31-24(21)35/h6-7,15,18-19,21,30H,2-5,8-14,29H2,1H3,(H,31,34,35)/t18-,19+,21?/m0/s1. The van der Waals surface area contributed by atoms with Crippen LogP contribution >= 0.6 is 0 Å². The molecule has 3 fully saturated rings. The van der Waals surface area contributed by atoms with Crippen LogP contribution in [0.1, 0.15) is 80.1 Å². The second kappa shape index (κ2) is 9.61. The highest BCUT2D eigenvalue weighted by Crippen LogP contribution is 2.39. The molecule has 0 bridgehead atoms. The third kappa shape index (κ3) is 4.67. The zero-order valence-electron chi connectivity index (χ0n) is 20.7. The van der Waals surface area contributed by atoms with Crippen LogP contribution in [0.5, 0.6) is 0 Å². The predicted octanol–water partition coefficient (Wildman–Crippen LogP) is 2.94. The second-order valence-corrected chi connectivity index (χ2v) is 10.8. The van der Waals surface area contributed by atoms with Crippen molar-refractivity contribution < 1.29 is 23.2 Å². The van der Waals surface area contributed by atoms with Crippen molar-refractivity contribution in [3.63, 3.8) is 0 Å². The Morgan fingerprint density at radius 2 is 1.81 bits per heavy atom. The van der Waals surface area contributed by atoms with E-state index in [1.807, 2.05) is 13.1 Å². The lowest BCUT2D eigenvalue weighted by atomic mass is 9.86. The van der Waals surface area contributed by atoms with Gasteiger partial charge >= 0.3 is 0 Å². The van der Waals surface area contributed by atoms with Crippen LogP contribution in [-0.2, 0) is 16.1 Å². The van der Waals surface area contributed by atoms with Gasteiger partial charge in [-0.15, -0.1) is 0 Å². The third-order valence-corrected chi connectivity index (χ3v) is 8.51. The number of benzene rings is 1. The summed E-state index contributed by atoms with van der Waals surface area (Å²) in [6, 6.07) is 3.39. The molecule has 4 aliphatic rings.